The molecule has 3 nitrogen and oxygen atoms in total. The van der Waals surface area contributed by atoms with Gasteiger partial charge in [-0.05, 0) is 23.8 Å². The van der Waals surface area contributed by atoms with Crippen LogP contribution in [-0.2, 0) is 4.74 Å². The van der Waals surface area contributed by atoms with Crippen molar-refractivity contribution in [3.63, 3.8) is 0 Å². The Kier molecular flexibility index (Phi) is 3.25. The molecule has 0 fully saturated rings. The number of benzene rings is 2. The van der Waals surface area contributed by atoms with Crippen LogP contribution < -0.4 is 0 Å². The molecular weight excluding hydrogens is 250 g/mol. The van der Waals surface area contributed by atoms with E-state index >= 15 is 0 Å². The zero-order chi connectivity index (χ0) is 13.9. The van der Waals surface area contributed by atoms with Crippen LogP contribution in [0.5, 0.6) is 0 Å². The molecule has 0 aliphatic carbocycles. The number of rotatable bonds is 3. The van der Waals surface area contributed by atoms with Gasteiger partial charge in [0.2, 0.25) is 0 Å². The highest BCUT2D eigenvalue weighted by molar-refractivity contribution is 6.03. The van der Waals surface area contributed by atoms with Gasteiger partial charge < -0.3 is 9.72 Å². The SMILES string of the molecule is CCOC(=O)c1cc[nH]c1-c1cccc2ccccc12. The van der Waals surface area contributed by atoms with E-state index in [1.807, 2.05) is 31.2 Å². The van der Waals surface area contributed by atoms with E-state index in [4.69, 9.17) is 4.74 Å². The summed E-state index contributed by atoms with van der Waals surface area (Å²) in [6.45, 7) is 2.18. The van der Waals surface area contributed by atoms with Crippen LogP contribution in [0.25, 0.3) is 22.0 Å². The van der Waals surface area contributed by atoms with E-state index in [-0.39, 0.29) is 5.97 Å². The molecule has 0 bridgehead atoms. The Bertz CT molecular complexity index is 753. The van der Waals surface area contributed by atoms with E-state index in [1.54, 1.807) is 12.3 Å². The van der Waals surface area contributed by atoms with Gasteiger partial charge in [0, 0.05) is 11.8 Å². The molecule has 0 amide bonds. The maximum atomic E-state index is 12.0. The second kappa shape index (κ2) is 5.21. The summed E-state index contributed by atoms with van der Waals surface area (Å²) in [5.41, 5.74) is 2.39. The number of aromatic amines is 1. The minimum absolute atomic E-state index is 0.295. The zero-order valence-electron chi connectivity index (χ0n) is 11.2. The number of hydrogen-bond acceptors (Lipinski definition) is 2. The molecule has 100 valence electrons. The highest BCUT2D eigenvalue weighted by atomic mass is 16.5. The van der Waals surface area contributed by atoms with Gasteiger partial charge in [0.15, 0.2) is 0 Å². The second-order valence-corrected chi connectivity index (χ2v) is 4.51. The van der Waals surface area contributed by atoms with Crippen molar-refractivity contribution in [3.8, 4) is 11.3 Å². The van der Waals surface area contributed by atoms with Crippen molar-refractivity contribution in [2.24, 2.45) is 0 Å². The van der Waals surface area contributed by atoms with Crippen LogP contribution >= 0.6 is 0 Å². The molecule has 1 heterocycles. The van der Waals surface area contributed by atoms with Crippen LogP contribution in [0.4, 0.5) is 0 Å². The van der Waals surface area contributed by atoms with Gasteiger partial charge >= 0.3 is 5.97 Å². The van der Waals surface area contributed by atoms with Crippen LogP contribution in [0.2, 0.25) is 0 Å². The third-order valence-electron chi connectivity index (χ3n) is 3.30. The summed E-state index contributed by atoms with van der Waals surface area (Å²) in [5.74, 6) is -0.295. The standard InChI is InChI=1S/C17H15NO2/c1-2-20-17(19)15-10-11-18-16(15)14-9-5-7-12-6-3-4-8-13(12)14/h3-11,18H,2H2,1H3. The maximum Gasteiger partial charge on any atom is 0.340 e. The Balaban J connectivity index is 2.17. The summed E-state index contributed by atoms with van der Waals surface area (Å²) in [6.07, 6.45) is 1.77. The number of H-pyrrole nitrogens is 1. The third-order valence-corrected chi connectivity index (χ3v) is 3.30. The largest absolute Gasteiger partial charge is 0.462 e. The molecule has 0 saturated heterocycles. The smallest absolute Gasteiger partial charge is 0.340 e. The highest BCUT2D eigenvalue weighted by Crippen LogP contribution is 2.30. The van der Waals surface area contributed by atoms with Gasteiger partial charge in [-0.25, -0.2) is 4.79 Å². The summed E-state index contributed by atoms with van der Waals surface area (Å²) < 4.78 is 5.10. The monoisotopic (exact) mass is 265 g/mol. The average molecular weight is 265 g/mol. The van der Waals surface area contributed by atoms with E-state index in [0.29, 0.717) is 12.2 Å². The van der Waals surface area contributed by atoms with Gasteiger partial charge in [0.25, 0.3) is 0 Å². The van der Waals surface area contributed by atoms with Crippen molar-refractivity contribution >= 4 is 16.7 Å². The van der Waals surface area contributed by atoms with Crippen LogP contribution in [0.1, 0.15) is 17.3 Å². The van der Waals surface area contributed by atoms with Crippen LogP contribution in [0.3, 0.4) is 0 Å². The van der Waals surface area contributed by atoms with Gasteiger partial charge in [-0.3, -0.25) is 0 Å². The molecule has 1 N–H and O–H groups in total. The molecule has 0 aliphatic heterocycles. The third kappa shape index (κ3) is 2.07. The van der Waals surface area contributed by atoms with E-state index in [2.05, 4.69) is 23.2 Å². The first-order valence-corrected chi connectivity index (χ1v) is 6.64. The minimum Gasteiger partial charge on any atom is -0.462 e. The van der Waals surface area contributed by atoms with Gasteiger partial charge in [-0.1, -0.05) is 42.5 Å². The quantitative estimate of drug-likeness (QED) is 0.727. The Labute approximate surface area is 117 Å². The molecule has 0 radical (unpaired) electrons. The number of ether oxygens (including phenoxy) is 1. The Morgan fingerprint density at radius 2 is 1.90 bits per heavy atom. The summed E-state index contributed by atoms with van der Waals surface area (Å²) in [7, 11) is 0. The number of carbonyl (C=O) groups is 1. The molecule has 3 aromatic rings. The van der Waals surface area contributed by atoms with E-state index in [9.17, 15) is 4.79 Å². The first-order chi connectivity index (χ1) is 9.81. The Hall–Kier alpha value is -2.55. The minimum atomic E-state index is -0.295. The fraction of sp³-hybridized carbons (Fsp3) is 0.118. The van der Waals surface area contributed by atoms with Crippen molar-refractivity contribution in [1.29, 1.82) is 0 Å². The molecule has 0 spiro atoms. The average Bonchev–Trinajstić information content (AvgIpc) is 2.96. The number of nitrogens with one attached hydrogen (secondary N) is 1. The summed E-state index contributed by atoms with van der Waals surface area (Å²) in [5, 5.41) is 2.26. The second-order valence-electron chi connectivity index (χ2n) is 4.51. The summed E-state index contributed by atoms with van der Waals surface area (Å²) in [6, 6.07) is 15.9. The molecular formula is C17H15NO2. The van der Waals surface area contributed by atoms with Crippen molar-refractivity contribution < 1.29 is 9.53 Å². The van der Waals surface area contributed by atoms with Crippen LogP contribution in [0.15, 0.2) is 54.7 Å². The molecule has 3 heteroatoms. The number of esters is 1. The molecule has 20 heavy (non-hydrogen) atoms. The van der Waals surface area contributed by atoms with E-state index < -0.39 is 0 Å². The van der Waals surface area contributed by atoms with Crippen molar-refractivity contribution in [2.45, 2.75) is 6.92 Å². The Morgan fingerprint density at radius 1 is 1.10 bits per heavy atom. The predicted octanol–water partition coefficient (Wildman–Crippen LogP) is 4.01. The van der Waals surface area contributed by atoms with Crippen molar-refractivity contribution in [1.82, 2.24) is 4.98 Å². The number of hydrogen-bond donors (Lipinski definition) is 1. The number of aromatic nitrogens is 1. The first-order valence-electron chi connectivity index (χ1n) is 6.64. The molecule has 2 aromatic carbocycles. The van der Waals surface area contributed by atoms with Gasteiger partial charge in [0.05, 0.1) is 17.9 Å². The lowest BCUT2D eigenvalue weighted by Gasteiger charge is -2.07. The van der Waals surface area contributed by atoms with Gasteiger partial charge in [0.1, 0.15) is 0 Å². The maximum absolute atomic E-state index is 12.0. The predicted molar refractivity (Wildman–Crippen MR) is 79.7 cm³/mol. The molecule has 1 aromatic heterocycles. The van der Waals surface area contributed by atoms with E-state index in [0.717, 1.165) is 22.0 Å². The van der Waals surface area contributed by atoms with Gasteiger partial charge in [-0.2, -0.15) is 0 Å². The first kappa shape index (κ1) is 12.5. The van der Waals surface area contributed by atoms with Crippen molar-refractivity contribution in [2.75, 3.05) is 6.61 Å². The van der Waals surface area contributed by atoms with Crippen LogP contribution in [0, 0.1) is 0 Å². The molecule has 0 aliphatic rings. The normalized spacial score (nSPS) is 10.7. The fourth-order valence-electron chi connectivity index (χ4n) is 2.41. The number of fused-ring (bicyclic) bond motifs is 1. The molecule has 0 saturated carbocycles. The lowest BCUT2D eigenvalue weighted by molar-refractivity contribution is 0.0527. The fourth-order valence-corrected chi connectivity index (χ4v) is 2.41. The zero-order valence-corrected chi connectivity index (χ0v) is 11.2. The number of carbonyl (C=O) groups excluding carboxylic acids is 1. The lowest BCUT2D eigenvalue weighted by atomic mass is 10.0. The Morgan fingerprint density at radius 3 is 2.75 bits per heavy atom. The molecule has 3 rings (SSSR count). The summed E-state index contributed by atoms with van der Waals surface area (Å²) >= 11 is 0. The molecule has 0 unspecified atom stereocenters. The van der Waals surface area contributed by atoms with Crippen LogP contribution in [-0.4, -0.2) is 17.6 Å². The topological polar surface area (TPSA) is 42.1 Å². The van der Waals surface area contributed by atoms with E-state index in [1.165, 1.54) is 0 Å². The lowest BCUT2D eigenvalue weighted by Crippen LogP contribution is -2.05. The van der Waals surface area contributed by atoms with Crippen molar-refractivity contribution in [3.05, 3.63) is 60.3 Å². The summed E-state index contributed by atoms with van der Waals surface area (Å²) in [4.78, 5) is 15.1. The highest BCUT2D eigenvalue weighted by Gasteiger charge is 2.16. The molecule has 0 atom stereocenters. The van der Waals surface area contributed by atoms with Gasteiger partial charge in [-0.15, -0.1) is 0 Å².